The van der Waals surface area contributed by atoms with Crippen LogP contribution in [0, 0.1) is 15.9 Å². The van der Waals surface area contributed by atoms with Crippen LogP contribution in [0.15, 0.2) is 12.1 Å². The SMILES string of the molecule is CC(=O)N1CCN(Cc2cc(F)c([N+](=O)[O-])cc2C(F)(F)F)CC1. The topological polar surface area (TPSA) is 66.7 Å². The molecular weight excluding hydrogens is 334 g/mol. The molecule has 1 aliphatic rings. The van der Waals surface area contributed by atoms with Crippen molar-refractivity contribution in [2.45, 2.75) is 19.6 Å². The molecule has 0 radical (unpaired) electrons. The number of amides is 1. The van der Waals surface area contributed by atoms with Gasteiger partial charge in [-0.25, -0.2) is 0 Å². The third kappa shape index (κ3) is 3.99. The highest BCUT2D eigenvalue weighted by molar-refractivity contribution is 5.73. The molecule has 132 valence electrons. The molecule has 0 atom stereocenters. The normalized spacial score (nSPS) is 16.3. The average Bonchev–Trinajstić information content (AvgIpc) is 2.46. The Morgan fingerprint density at radius 2 is 1.83 bits per heavy atom. The summed E-state index contributed by atoms with van der Waals surface area (Å²) in [5.41, 5.74) is -2.78. The van der Waals surface area contributed by atoms with E-state index < -0.39 is 28.2 Å². The van der Waals surface area contributed by atoms with Crippen LogP contribution in [-0.2, 0) is 17.5 Å². The molecule has 1 saturated heterocycles. The Balaban J connectivity index is 2.25. The first-order valence-corrected chi connectivity index (χ1v) is 7.11. The highest BCUT2D eigenvalue weighted by Crippen LogP contribution is 2.36. The molecule has 1 aromatic carbocycles. The van der Waals surface area contributed by atoms with E-state index in [2.05, 4.69) is 0 Å². The third-order valence-corrected chi connectivity index (χ3v) is 3.89. The number of piperazine rings is 1. The summed E-state index contributed by atoms with van der Waals surface area (Å²) < 4.78 is 53.1. The van der Waals surface area contributed by atoms with Gasteiger partial charge in [-0.3, -0.25) is 19.8 Å². The molecule has 0 saturated carbocycles. The standard InChI is InChI=1S/C14H15F4N3O3/c1-9(22)20-4-2-19(3-5-20)8-10-6-12(15)13(21(23)24)7-11(10)14(16,17)18/h6-7H,2-5,8H2,1H3. The van der Waals surface area contributed by atoms with Crippen LogP contribution in [-0.4, -0.2) is 46.8 Å². The Morgan fingerprint density at radius 3 is 2.29 bits per heavy atom. The minimum Gasteiger partial charge on any atom is -0.340 e. The molecule has 0 unspecified atom stereocenters. The number of alkyl halides is 3. The van der Waals surface area contributed by atoms with Gasteiger partial charge in [0.25, 0.3) is 0 Å². The van der Waals surface area contributed by atoms with Crippen molar-refractivity contribution in [3.63, 3.8) is 0 Å². The second kappa shape index (κ2) is 6.71. The Hall–Kier alpha value is -2.23. The lowest BCUT2D eigenvalue weighted by Crippen LogP contribution is -2.47. The lowest BCUT2D eigenvalue weighted by Gasteiger charge is -2.34. The Bertz CT molecular complexity index is 655. The Labute approximate surface area is 134 Å². The molecule has 10 heteroatoms. The summed E-state index contributed by atoms with van der Waals surface area (Å²) in [5, 5.41) is 10.7. The van der Waals surface area contributed by atoms with Crippen molar-refractivity contribution in [2.24, 2.45) is 0 Å². The summed E-state index contributed by atoms with van der Waals surface area (Å²) in [6.45, 7) is 2.63. The fourth-order valence-corrected chi connectivity index (χ4v) is 2.60. The number of carbonyl (C=O) groups is 1. The summed E-state index contributed by atoms with van der Waals surface area (Å²) >= 11 is 0. The number of nitrogens with zero attached hydrogens (tertiary/aromatic N) is 3. The van der Waals surface area contributed by atoms with E-state index in [-0.39, 0.29) is 24.1 Å². The molecule has 1 aromatic rings. The number of carbonyl (C=O) groups excluding carboxylic acids is 1. The maximum absolute atomic E-state index is 13.7. The van der Waals surface area contributed by atoms with Crippen molar-refractivity contribution in [1.29, 1.82) is 0 Å². The molecule has 0 N–H and O–H groups in total. The monoisotopic (exact) mass is 349 g/mol. The molecule has 24 heavy (non-hydrogen) atoms. The smallest absolute Gasteiger partial charge is 0.340 e. The van der Waals surface area contributed by atoms with Crippen LogP contribution in [0.5, 0.6) is 0 Å². The van der Waals surface area contributed by atoms with E-state index in [1.54, 1.807) is 9.80 Å². The van der Waals surface area contributed by atoms with Crippen molar-refractivity contribution in [2.75, 3.05) is 26.2 Å². The van der Waals surface area contributed by atoms with E-state index in [1.807, 2.05) is 0 Å². The van der Waals surface area contributed by atoms with Crippen LogP contribution in [0.4, 0.5) is 23.2 Å². The average molecular weight is 349 g/mol. The summed E-state index contributed by atoms with van der Waals surface area (Å²) in [4.78, 5) is 23.9. The fraction of sp³-hybridized carbons (Fsp3) is 0.500. The predicted molar refractivity (Wildman–Crippen MR) is 75.6 cm³/mol. The largest absolute Gasteiger partial charge is 0.416 e. The number of hydrogen-bond acceptors (Lipinski definition) is 4. The van der Waals surface area contributed by atoms with Crippen LogP contribution in [0.2, 0.25) is 0 Å². The van der Waals surface area contributed by atoms with Gasteiger partial charge in [-0.2, -0.15) is 17.6 Å². The van der Waals surface area contributed by atoms with E-state index in [9.17, 15) is 32.5 Å². The lowest BCUT2D eigenvalue weighted by atomic mass is 10.0. The van der Waals surface area contributed by atoms with E-state index in [4.69, 9.17) is 0 Å². The van der Waals surface area contributed by atoms with Gasteiger partial charge < -0.3 is 4.90 Å². The number of halogens is 4. The van der Waals surface area contributed by atoms with E-state index in [0.29, 0.717) is 32.2 Å². The van der Waals surface area contributed by atoms with Crippen molar-refractivity contribution in [1.82, 2.24) is 9.80 Å². The number of benzene rings is 1. The fourth-order valence-electron chi connectivity index (χ4n) is 2.60. The lowest BCUT2D eigenvalue weighted by molar-refractivity contribution is -0.387. The van der Waals surface area contributed by atoms with Crippen molar-refractivity contribution < 1.29 is 27.3 Å². The quantitative estimate of drug-likeness (QED) is 0.478. The van der Waals surface area contributed by atoms with Gasteiger partial charge >= 0.3 is 11.9 Å². The zero-order valence-electron chi connectivity index (χ0n) is 12.8. The van der Waals surface area contributed by atoms with Gasteiger partial charge in [-0.1, -0.05) is 0 Å². The zero-order valence-corrected chi connectivity index (χ0v) is 12.8. The third-order valence-electron chi connectivity index (χ3n) is 3.89. The summed E-state index contributed by atoms with van der Waals surface area (Å²) in [6.07, 6.45) is -4.82. The van der Waals surface area contributed by atoms with E-state index >= 15 is 0 Å². The number of nitro groups is 1. The van der Waals surface area contributed by atoms with Gasteiger partial charge in [-0.15, -0.1) is 0 Å². The first kappa shape index (κ1) is 18.1. The highest BCUT2D eigenvalue weighted by Gasteiger charge is 2.37. The second-order valence-electron chi connectivity index (χ2n) is 5.50. The number of nitro benzene ring substituents is 1. The maximum Gasteiger partial charge on any atom is 0.416 e. The van der Waals surface area contributed by atoms with Gasteiger partial charge in [0.2, 0.25) is 11.7 Å². The molecule has 0 aromatic heterocycles. The molecule has 1 aliphatic heterocycles. The van der Waals surface area contributed by atoms with Crippen molar-refractivity contribution in [3.8, 4) is 0 Å². The van der Waals surface area contributed by atoms with Gasteiger partial charge in [0.1, 0.15) is 0 Å². The van der Waals surface area contributed by atoms with Crippen molar-refractivity contribution >= 4 is 11.6 Å². The summed E-state index contributed by atoms with van der Waals surface area (Å²) in [7, 11) is 0. The highest BCUT2D eigenvalue weighted by atomic mass is 19.4. The first-order chi connectivity index (χ1) is 11.1. The Morgan fingerprint density at radius 1 is 1.25 bits per heavy atom. The molecule has 1 fully saturated rings. The van der Waals surface area contributed by atoms with Crippen LogP contribution < -0.4 is 0 Å². The van der Waals surface area contributed by atoms with E-state index in [0.717, 1.165) is 0 Å². The zero-order chi connectivity index (χ0) is 18.1. The van der Waals surface area contributed by atoms with Crippen LogP contribution in [0.25, 0.3) is 0 Å². The Kier molecular flexibility index (Phi) is 5.07. The van der Waals surface area contributed by atoms with Crippen molar-refractivity contribution in [3.05, 3.63) is 39.2 Å². The van der Waals surface area contributed by atoms with Gasteiger partial charge in [0.05, 0.1) is 10.5 Å². The van der Waals surface area contributed by atoms with Crippen LogP contribution >= 0.6 is 0 Å². The van der Waals surface area contributed by atoms with Crippen LogP contribution in [0.1, 0.15) is 18.1 Å². The molecule has 0 aliphatic carbocycles. The maximum atomic E-state index is 13.7. The summed E-state index contributed by atoms with van der Waals surface area (Å²) in [6, 6.07) is 0.800. The van der Waals surface area contributed by atoms with Gasteiger partial charge in [0, 0.05) is 45.7 Å². The predicted octanol–water partition coefficient (Wildman–Crippen LogP) is 2.42. The minimum absolute atomic E-state index is 0.119. The van der Waals surface area contributed by atoms with Gasteiger partial charge in [0.15, 0.2) is 0 Å². The minimum atomic E-state index is -4.82. The van der Waals surface area contributed by atoms with Crippen LogP contribution in [0.3, 0.4) is 0 Å². The summed E-state index contributed by atoms with van der Waals surface area (Å²) in [5.74, 6) is -1.42. The van der Waals surface area contributed by atoms with Gasteiger partial charge in [-0.05, 0) is 11.6 Å². The second-order valence-corrected chi connectivity index (χ2v) is 5.50. The number of rotatable bonds is 3. The molecular formula is C14H15F4N3O3. The molecule has 1 heterocycles. The van der Waals surface area contributed by atoms with E-state index in [1.165, 1.54) is 6.92 Å². The molecule has 6 nitrogen and oxygen atoms in total. The molecule has 1 amide bonds. The first-order valence-electron chi connectivity index (χ1n) is 7.11. The molecule has 2 rings (SSSR count). The molecule has 0 spiro atoms. The number of hydrogen-bond donors (Lipinski definition) is 0. The molecule has 0 bridgehead atoms.